The van der Waals surface area contributed by atoms with Gasteiger partial charge < -0.3 is 0 Å². The van der Waals surface area contributed by atoms with E-state index in [1.807, 2.05) is 0 Å². The van der Waals surface area contributed by atoms with Crippen LogP contribution in [0.3, 0.4) is 0 Å². The van der Waals surface area contributed by atoms with Gasteiger partial charge in [0.15, 0.2) is 6.29 Å². The lowest BCUT2D eigenvalue weighted by Gasteiger charge is -2.00. The molecule has 0 rings (SSSR count). The highest BCUT2D eigenvalue weighted by Crippen LogP contribution is 2.11. The molecule has 0 aliphatic rings. The smallest absolute Gasteiger partial charge is 0.266 e. The predicted octanol–water partition coefficient (Wildman–Crippen LogP) is 2.01. The van der Waals surface area contributed by atoms with Gasteiger partial charge in [-0.05, 0) is 12.5 Å². The fourth-order valence-corrected chi connectivity index (χ4v) is 0.570. The van der Waals surface area contributed by atoms with Crippen LogP contribution in [0.5, 0.6) is 0 Å². The summed E-state index contributed by atoms with van der Waals surface area (Å²) >= 11 is 5.22. The van der Waals surface area contributed by atoms with E-state index in [2.05, 4.69) is 0 Å². The summed E-state index contributed by atoms with van der Waals surface area (Å²) in [7, 11) is 0. The summed E-state index contributed by atoms with van der Waals surface area (Å²) < 4.78 is 23.6. The summed E-state index contributed by atoms with van der Waals surface area (Å²) in [6, 6.07) is 0. The third-order valence-electron chi connectivity index (χ3n) is 1.06. The number of halogens is 3. The molecule has 1 nitrogen and oxygen atoms in total. The van der Waals surface area contributed by atoms with Crippen LogP contribution in [-0.4, -0.2) is 18.6 Å². The largest absolute Gasteiger partial charge is 0.298 e. The monoisotopic (exact) mass is 168 g/mol. The Morgan fingerprint density at radius 3 is 2.30 bits per heavy atom. The van der Waals surface area contributed by atoms with Crippen LogP contribution >= 0.6 is 11.6 Å². The average molecular weight is 169 g/mol. The highest BCUT2D eigenvalue weighted by atomic mass is 35.5. The normalized spacial score (nSPS) is 13.3. The van der Waals surface area contributed by atoms with Crippen molar-refractivity contribution >= 4 is 17.9 Å². The molecule has 0 unspecified atom stereocenters. The van der Waals surface area contributed by atoms with E-state index in [-0.39, 0.29) is 17.7 Å². The van der Waals surface area contributed by atoms with E-state index in [0.29, 0.717) is 0 Å². The number of carbonyl (C=O) groups is 1. The van der Waals surface area contributed by atoms with Crippen molar-refractivity contribution in [3.05, 3.63) is 11.1 Å². The van der Waals surface area contributed by atoms with Crippen molar-refractivity contribution in [3.8, 4) is 0 Å². The van der Waals surface area contributed by atoms with E-state index in [4.69, 9.17) is 11.6 Å². The summed E-state index contributed by atoms with van der Waals surface area (Å²) in [6.07, 6.45) is -2.57. The second-order valence-electron chi connectivity index (χ2n) is 1.79. The lowest BCUT2D eigenvalue weighted by molar-refractivity contribution is -0.106. The van der Waals surface area contributed by atoms with Crippen LogP contribution in [0.4, 0.5) is 8.78 Å². The number of rotatable bonds is 3. The molecule has 0 radical (unpaired) electrons. The fourth-order valence-electron chi connectivity index (χ4n) is 0.415. The second kappa shape index (κ2) is 4.39. The second-order valence-corrected chi connectivity index (χ2v) is 2.06. The lowest BCUT2D eigenvalue weighted by atomic mass is 10.2. The fraction of sp³-hybridized carbons (Fsp3) is 0.500. The van der Waals surface area contributed by atoms with Gasteiger partial charge in [-0.3, -0.25) is 4.79 Å². The number of aldehydes is 1. The van der Waals surface area contributed by atoms with Gasteiger partial charge in [0.05, 0.1) is 5.57 Å². The van der Waals surface area contributed by atoms with Crippen molar-refractivity contribution in [2.75, 3.05) is 5.88 Å². The van der Waals surface area contributed by atoms with E-state index in [1.54, 1.807) is 0 Å². The van der Waals surface area contributed by atoms with Crippen LogP contribution < -0.4 is 0 Å². The summed E-state index contributed by atoms with van der Waals surface area (Å²) in [5.41, 5.74) is -0.276. The highest BCUT2D eigenvalue weighted by Gasteiger charge is 2.12. The van der Waals surface area contributed by atoms with Crippen LogP contribution in [0.1, 0.15) is 6.92 Å². The molecule has 0 atom stereocenters. The molecule has 0 aliphatic carbocycles. The van der Waals surface area contributed by atoms with Crippen molar-refractivity contribution in [3.63, 3.8) is 0 Å². The van der Waals surface area contributed by atoms with Crippen LogP contribution in [0.2, 0.25) is 0 Å². The maximum Gasteiger partial charge on any atom is 0.266 e. The predicted molar refractivity (Wildman–Crippen MR) is 35.5 cm³/mol. The highest BCUT2D eigenvalue weighted by molar-refractivity contribution is 6.19. The van der Waals surface area contributed by atoms with Crippen molar-refractivity contribution in [2.45, 2.75) is 13.3 Å². The van der Waals surface area contributed by atoms with Gasteiger partial charge in [-0.25, -0.2) is 8.78 Å². The molecule has 0 aromatic heterocycles. The molecule has 0 bridgehead atoms. The lowest BCUT2D eigenvalue weighted by Crippen LogP contribution is -2.02. The number of alkyl halides is 3. The number of allylic oxidation sites excluding steroid dienone is 2. The van der Waals surface area contributed by atoms with Crippen LogP contribution in [0.25, 0.3) is 0 Å². The molecule has 0 aliphatic heterocycles. The van der Waals surface area contributed by atoms with Crippen molar-refractivity contribution < 1.29 is 13.6 Å². The Labute approximate surface area is 62.7 Å². The number of carbonyl (C=O) groups excluding carboxylic acids is 1. The first kappa shape index (κ1) is 9.56. The molecular formula is C6H7ClF2O. The minimum Gasteiger partial charge on any atom is -0.298 e. The van der Waals surface area contributed by atoms with Gasteiger partial charge in [0.2, 0.25) is 0 Å². The van der Waals surface area contributed by atoms with E-state index in [1.165, 1.54) is 6.92 Å². The van der Waals surface area contributed by atoms with Gasteiger partial charge in [-0.2, -0.15) is 0 Å². The van der Waals surface area contributed by atoms with Gasteiger partial charge >= 0.3 is 0 Å². The molecule has 0 spiro atoms. The van der Waals surface area contributed by atoms with Crippen LogP contribution in [-0.2, 0) is 4.79 Å². The Morgan fingerprint density at radius 1 is 1.70 bits per heavy atom. The molecule has 0 fully saturated rings. The van der Waals surface area contributed by atoms with E-state index in [9.17, 15) is 13.6 Å². The van der Waals surface area contributed by atoms with Crippen molar-refractivity contribution in [2.24, 2.45) is 0 Å². The molecule has 0 saturated heterocycles. The van der Waals surface area contributed by atoms with E-state index in [0.717, 1.165) is 0 Å². The van der Waals surface area contributed by atoms with Gasteiger partial charge in [-0.1, -0.05) is 0 Å². The quantitative estimate of drug-likeness (QED) is 0.358. The Morgan fingerprint density at radius 2 is 2.20 bits per heavy atom. The minimum absolute atomic E-state index is 0.0294. The molecule has 0 N–H and O–H groups in total. The van der Waals surface area contributed by atoms with Gasteiger partial charge in [0, 0.05) is 5.88 Å². The zero-order valence-electron chi connectivity index (χ0n) is 5.40. The Hall–Kier alpha value is -0.440. The number of hydrogen-bond acceptors (Lipinski definition) is 1. The third-order valence-corrected chi connectivity index (χ3v) is 1.46. The van der Waals surface area contributed by atoms with Crippen molar-refractivity contribution in [1.29, 1.82) is 0 Å². The first-order chi connectivity index (χ1) is 4.63. The topological polar surface area (TPSA) is 17.1 Å². The number of hydrogen-bond donors (Lipinski definition) is 0. The first-order valence-electron chi connectivity index (χ1n) is 2.62. The zero-order chi connectivity index (χ0) is 8.15. The van der Waals surface area contributed by atoms with Crippen LogP contribution in [0, 0.1) is 0 Å². The van der Waals surface area contributed by atoms with Crippen LogP contribution in [0.15, 0.2) is 11.1 Å². The summed E-state index contributed by atoms with van der Waals surface area (Å²) in [5.74, 6) is -0.0294. The molecule has 58 valence electrons. The zero-order valence-corrected chi connectivity index (χ0v) is 6.16. The molecule has 4 heteroatoms. The average Bonchev–Trinajstić information content (AvgIpc) is 1.88. The molecule has 10 heavy (non-hydrogen) atoms. The SMILES string of the molecule is C/C(CCl)=C(\C=O)C(F)F. The van der Waals surface area contributed by atoms with Gasteiger partial charge in [0.1, 0.15) is 0 Å². The third kappa shape index (κ3) is 2.43. The maximum atomic E-state index is 11.8. The molecule has 0 saturated carbocycles. The first-order valence-corrected chi connectivity index (χ1v) is 3.15. The summed E-state index contributed by atoms with van der Waals surface area (Å²) in [4.78, 5) is 9.95. The summed E-state index contributed by atoms with van der Waals surface area (Å²) in [6.45, 7) is 1.41. The van der Waals surface area contributed by atoms with E-state index < -0.39 is 12.0 Å². The molecule has 0 heterocycles. The molecule has 0 amide bonds. The maximum absolute atomic E-state index is 11.8. The molecule has 0 aromatic rings. The van der Waals surface area contributed by atoms with Crippen molar-refractivity contribution in [1.82, 2.24) is 0 Å². The molecular weight excluding hydrogens is 162 g/mol. The minimum atomic E-state index is -2.71. The molecule has 0 aromatic carbocycles. The Balaban J connectivity index is 4.45. The standard InChI is InChI=1S/C6H7ClF2O/c1-4(2-7)5(3-10)6(8)9/h3,6H,2H2,1H3/b5-4-. The van der Waals surface area contributed by atoms with E-state index >= 15 is 0 Å². The summed E-state index contributed by atoms with van der Waals surface area (Å²) in [5, 5.41) is 0. The van der Waals surface area contributed by atoms with Gasteiger partial charge in [-0.15, -0.1) is 11.6 Å². The Bertz CT molecular complexity index is 154. The Kier molecular flexibility index (Phi) is 4.19. The van der Waals surface area contributed by atoms with Gasteiger partial charge in [0.25, 0.3) is 6.43 Å².